The minimum absolute atomic E-state index is 0.0116. The van der Waals surface area contributed by atoms with E-state index < -0.39 is 0 Å². The van der Waals surface area contributed by atoms with E-state index in [1.54, 1.807) is 11.8 Å². The van der Waals surface area contributed by atoms with Crippen molar-refractivity contribution in [2.75, 3.05) is 18.1 Å². The van der Waals surface area contributed by atoms with E-state index in [0.29, 0.717) is 0 Å². The summed E-state index contributed by atoms with van der Waals surface area (Å²) in [6.45, 7) is 10.6. The molecule has 0 aromatic carbocycles. The Morgan fingerprint density at radius 1 is 1.25 bits per heavy atom. The van der Waals surface area contributed by atoms with E-state index in [1.165, 1.54) is 0 Å². The van der Waals surface area contributed by atoms with Gasteiger partial charge < -0.3 is 5.32 Å². The molecule has 0 amide bonds. The first-order valence-electron chi connectivity index (χ1n) is 5.59. The molecular formula is C12H21N3S. The van der Waals surface area contributed by atoms with Gasteiger partial charge in [-0.2, -0.15) is 0 Å². The molecule has 1 heterocycles. The van der Waals surface area contributed by atoms with Gasteiger partial charge in [0.15, 0.2) is 0 Å². The minimum atomic E-state index is -0.0116. The molecule has 0 fully saturated rings. The zero-order valence-electron chi connectivity index (χ0n) is 11.0. The lowest BCUT2D eigenvalue weighted by molar-refractivity contribution is 0.538. The smallest absolute Gasteiger partial charge is 0.137 e. The van der Waals surface area contributed by atoms with Gasteiger partial charge in [0.1, 0.15) is 16.7 Å². The summed E-state index contributed by atoms with van der Waals surface area (Å²) in [7, 11) is 1.90. The van der Waals surface area contributed by atoms with Crippen molar-refractivity contribution in [2.24, 2.45) is 0 Å². The summed E-state index contributed by atoms with van der Waals surface area (Å²) in [4.78, 5) is 9.22. The molecule has 0 spiro atoms. The van der Waals surface area contributed by atoms with Crippen molar-refractivity contribution in [3.05, 3.63) is 11.4 Å². The molecule has 0 saturated carbocycles. The standard InChI is InChI=1S/C12H21N3S/c1-7-16-10-8(2)9(13-6)14-11(15-10)12(3,4)5/h7H2,1-6H3,(H,13,14,15). The van der Waals surface area contributed by atoms with Crippen LogP contribution < -0.4 is 5.32 Å². The van der Waals surface area contributed by atoms with Crippen LogP contribution in [-0.2, 0) is 5.41 Å². The van der Waals surface area contributed by atoms with Gasteiger partial charge in [0.25, 0.3) is 0 Å². The lowest BCUT2D eigenvalue weighted by Crippen LogP contribution is -2.18. The van der Waals surface area contributed by atoms with Gasteiger partial charge in [0.2, 0.25) is 0 Å². The van der Waals surface area contributed by atoms with Crippen LogP contribution in [0.1, 0.15) is 39.1 Å². The van der Waals surface area contributed by atoms with Crippen LogP contribution in [0.15, 0.2) is 5.03 Å². The lowest BCUT2D eigenvalue weighted by atomic mass is 9.95. The Balaban J connectivity index is 3.28. The molecule has 0 aliphatic rings. The van der Waals surface area contributed by atoms with Crippen LogP contribution in [0.2, 0.25) is 0 Å². The largest absolute Gasteiger partial charge is 0.373 e. The number of nitrogens with zero attached hydrogens (tertiary/aromatic N) is 2. The number of hydrogen-bond acceptors (Lipinski definition) is 4. The van der Waals surface area contributed by atoms with Gasteiger partial charge in [-0.3, -0.25) is 0 Å². The number of thioether (sulfide) groups is 1. The van der Waals surface area contributed by atoms with E-state index in [2.05, 4.69) is 49.9 Å². The second-order valence-corrected chi connectivity index (χ2v) is 6.01. The monoisotopic (exact) mass is 239 g/mol. The van der Waals surface area contributed by atoms with Gasteiger partial charge in [-0.15, -0.1) is 11.8 Å². The normalized spacial score (nSPS) is 11.6. The highest BCUT2D eigenvalue weighted by Gasteiger charge is 2.20. The average Bonchev–Trinajstić information content (AvgIpc) is 2.19. The fourth-order valence-electron chi connectivity index (χ4n) is 1.35. The number of aromatic nitrogens is 2. The van der Waals surface area contributed by atoms with E-state index in [0.717, 1.165) is 28.0 Å². The number of hydrogen-bond donors (Lipinski definition) is 1. The SMILES string of the molecule is CCSc1nc(C(C)(C)C)nc(NC)c1C. The van der Waals surface area contributed by atoms with Crippen LogP contribution in [0.25, 0.3) is 0 Å². The fourth-order valence-corrected chi connectivity index (χ4v) is 2.09. The second kappa shape index (κ2) is 5.04. The molecule has 0 atom stereocenters. The maximum absolute atomic E-state index is 4.65. The zero-order valence-corrected chi connectivity index (χ0v) is 11.8. The molecule has 4 heteroatoms. The zero-order chi connectivity index (χ0) is 12.3. The molecule has 16 heavy (non-hydrogen) atoms. The lowest BCUT2D eigenvalue weighted by Gasteiger charge is -2.19. The highest BCUT2D eigenvalue weighted by Crippen LogP contribution is 2.28. The fraction of sp³-hybridized carbons (Fsp3) is 0.667. The molecule has 3 nitrogen and oxygen atoms in total. The molecule has 1 rings (SSSR count). The maximum atomic E-state index is 4.65. The highest BCUT2D eigenvalue weighted by molar-refractivity contribution is 7.99. The van der Waals surface area contributed by atoms with Gasteiger partial charge in [0, 0.05) is 18.0 Å². The molecule has 0 radical (unpaired) electrons. The van der Waals surface area contributed by atoms with E-state index in [4.69, 9.17) is 0 Å². The summed E-state index contributed by atoms with van der Waals surface area (Å²) < 4.78 is 0. The van der Waals surface area contributed by atoms with E-state index in [1.807, 2.05) is 7.05 Å². The molecule has 90 valence electrons. The molecule has 0 bridgehead atoms. The Hall–Kier alpha value is -0.770. The van der Waals surface area contributed by atoms with Gasteiger partial charge >= 0.3 is 0 Å². The van der Waals surface area contributed by atoms with Gasteiger partial charge in [0.05, 0.1) is 0 Å². The third-order valence-electron chi connectivity index (χ3n) is 2.29. The Labute approximate surface area is 102 Å². The molecule has 0 aliphatic carbocycles. The summed E-state index contributed by atoms with van der Waals surface area (Å²) in [5.41, 5.74) is 1.13. The minimum Gasteiger partial charge on any atom is -0.373 e. The van der Waals surface area contributed by atoms with E-state index >= 15 is 0 Å². The summed E-state index contributed by atoms with van der Waals surface area (Å²) in [6.07, 6.45) is 0. The Bertz CT molecular complexity index is 369. The molecular weight excluding hydrogens is 218 g/mol. The van der Waals surface area contributed by atoms with Crippen LogP contribution in [0.3, 0.4) is 0 Å². The highest BCUT2D eigenvalue weighted by atomic mass is 32.2. The third kappa shape index (κ3) is 2.88. The first-order chi connectivity index (χ1) is 7.40. The first kappa shape index (κ1) is 13.3. The van der Waals surface area contributed by atoms with Gasteiger partial charge in [-0.05, 0) is 12.7 Å². The number of nitrogens with one attached hydrogen (secondary N) is 1. The van der Waals surface area contributed by atoms with Gasteiger partial charge in [-0.1, -0.05) is 27.7 Å². The number of anilines is 1. The van der Waals surface area contributed by atoms with Crippen molar-refractivity contribution in [3.63, 3.8) is 0 Å². The quantitative estimate of drug-likeness (QED) is 0.649. The van der Waals surface area contributed by atoms with Crippen LogP contribution in [0, 0.1) is 6.92 Å². The van der Waals surface area contributed by atoms with Crippen molar-refractivity contribution in [1.82, 2.24) is 9.97 Å². The van der Waals surface area contributed by atoms with E-state index in [9.17, 15) is 0 Å². The predicted molar refractivity (Wildman–Crippen MR) is 71.4 cm³/mol. The molecule has 0 unspecified atom stereocenters. The first-order valence-corrected chi connectivity index (χ1v) is 6.58. The average molecular weight is 239 g/mol. The topological polar surface area (TPSA) is 37.8 Å². The summed E-state index contributed by atoms with van der Waals surface area (Å²) >= 11 is 1.77. The Kier molecular flexibility index (Phi) is 4.19. The Morgan fingerprint density at radius 2 is 1.88 bits per heavy atom. The molecule has 1 aromatic rings. The molecule has 0 saturated heterocycles. The van der Waals surface area contributed by atoms with Crippen molar-refractivity contribution >= 4 is 17.6 Å². The molecule has 1 aromatic heterocycles. The van der Waals surface area contributed by atoms with Crippen LogP contribution >= 0.6 is 11.8 Å². The van der Waals surface area contributed by atoms with Crippen molar-refractivity contribution < 1.29 is 0 Å². The van der Waals surface area contributed by atoms with Crippen LogP contribution in [-0.4, -0.2) is 22.8 Å². The molecule has 1 N–H and O–H groups in total. The third-order valence-corrected chi connectivity index (χ3v) is 3.25. The van der Waals surface area contributed by atoms with Crippen molar-refractivity contribution in [1.29, 1.82) is 0 Å². The van der Waals surface area contributed by atoms with Gasteiger partial charge in [-0.25, -0.2) is 9.97 Å². The van der Waals surface area contributed by atoms with Crippen LogP contribution in [0.4, 0.5) is 5.82 Å². The van der Waals surface area contributed by atoms with Crippen molar-refractivity contribution in [3.8, 4) is 0 Å². The van der Waals surface area contributed by atoms with Crippen molar-refractivity contribution in [2.45, 2.75) is 45.1 Å². The Morgan fingerprint density at radius 3 is 2.31 bits per heavy atom. The number of rotatable bonds is 3. The second-order valence-electron chi connectivity index (χ2n) is 4.76. The van der Waals surface area contributed by atoms with E-state index in [-0.39, 0.29) is 5.41 Å². The van der Waals surface area contributed by atoms with Crippen LogP contribution in [0.5, 0.6) is 0 Å². The molecule has 0 aliphatic heterocycles. The summed E-state index contributed by atoms with van der Waals surface area (Å²) in [5.74, 6) is 2.87. The summed E-state index contributed by atoms with van der Waals surface area (Å²) in [6, 6.07) is 0. The summed E-state index contributed by atoms with van der Waals surface area (Å²) in [5, 5.41) is 4.23. The maximum Gasteiger partial charge on any atom is 0.137 e. The predicted octanol–water partition coefficient (Wildman–Crippen LogP) is 3.24.